The molecular weight excluding hydrogens is 396 g/mol. The zero-order valence-corrected chi connectivity index (χ0v) is 16.7. The molecule has 1 unspecified atom stereocenters. The van der Waals surface area contributed by atoms with Gasteiger partial charge in [0.25, 0.3) is 0 Å². The first-order valence-corrected chi connectivity index (χ1v) is 10.5. The van der Waals surface area contributed by atoms with Crippen LogP contribution in [0.3, 0.4) is 0 Å². The van der Waals surface area contributed by atoms with Crippen LogP contribution in [0.4, 0.5) is 0 Å². The van der Waals surface area contributed by atoms with E-state index in [1.165, 1.54) is 0 Å². The lowest BCUT2D eigenvalue weighted by molar-refractivity contribution is -0.119. The van der Waals surface area contributed by atoms with Crippen LogP contribution in [0.2, 0.25) is 5.02 Å². The Hall–Kier alpha value is -2.58. The number of rotatable bonds is 4. The maximum absolute atomic E-state index is 11.8. The third kappa shape index (κ3) is 2.84. The van der Waals surface area contributed by atoms with Crippen LogP contribution >= 0.6 is 23.4 Å². The first kappa shape index (κ1) is 17.5. The van der Waals surface area contributed by atoms with Gasteiger partial charge in [-0.05, 0) is 30.5 Å². The number of benzene rings is 1. The van der Waals surface area contributed by atoms with Crippen molar-refractivity contribution >= 4 is 51.2 Å². The first-order valence-electron chi connectivity index (χ1n) is 8.91. The summed E-state index contributed by atoms with van der Waals surface area (Å²) in [5, 5.41) is 10.3. The summed E-state index contributed by atoms with van der Waals surface area (Å²) in [6, 6.07) is 7.68. The number of thioether (sulfide) groups is 1. The van der Waals surface area contributed by atoms with E-state index in [4.69, 9.17) is 21.7 Å². The first-order chi connectivity index (χ1) is 13.6. The maximum atomic E-state index is 11.8. The molecule has 1 aliphatic heterocycles. The van der Waals surface area contributed by atoms with Crippen LogP contribution in [0, 0.1) is 0 Å². The van der Waals surface area contributed by atoms with Crippen LogP contribution in [0.15, 0.2) is 41.7 Å². The molecule has 1 N–H and O–H groups in total. The molecule has 4 aromatic rings. The minimum absolute atomic E-state index is 0.0219. The van der Waals surface area contributed by atoms with Gasteiger partial charge in [0, 0.05) is 29.6 Å². The highest BCUT2D eigenvalue weighted by atomic mass is 35.5. The van der Waals surface area contributed by atoms with Gasteiger partial charge in [0.15, 0.2) is 0 Å². The molecule has 1 fully saturated rings. The van der Waals surface area contributed by atoms with Crippen molar-refractivity contribution < 1.29 is 4.79 Å². The van der Waals surface area contributed by atoms with Crippen LogP contribution in [-0.2, 0) is 11.3 Å². The summed E-state index contributed by atoms with van der Waals surface area (Å²) in [4.78, 5) is 20.9. The van der Waals surface area contributed by atoms with E-state index >= 15 is 0 Å². The molecule has 0 spiro atoms. The number of imidazole rings is 1. The average Bonchev–Trinajstić information content (AvgIpc) is 3.37. The summed E-state index contributed by atoms with van der Waals surface area (Å²) in [6.45, 7) is 1.08. The molecule has 7 nitrogen and oxygen atoms in total. The minimum Gasteiger partial charge on any atom is -0.354 e. The van der Waals surface area contributed by atoms with E-state index in [-0.39, 0.29) is 11.9 Å². The molecule has 0 bridgehead atoms. The number of halogens is 1. The second kappa shape index (κ2) is 6.79. The number of hydrogen-bond donors (Lipinski definition) is 1. The smallest absolute Gasteiger partial charge is 0.222 e. The van der Waals surface area contributed by atoms with Crippen LogP contribution in [0.1, 0.15) is 18.3 Å². The Balaban J connectivity index is 1.66. The van der Waals surface area contributed by atoms with Crippen LogP contribution < -0.4 is 5.32 Å². The lowest BCUT2D eigenvalue weighted by atomic mass is 10.2. The summed E-state index contributed by atoms with van der Waals surface area (Å²) in [5.41, 5.74) is 2.76. The Kier molecular flexibility index (Phi) is 4.25. The van der Waals surface area contributed by atoms with Gasteiger partial charge in [-0.15, -0.1) is 11.8 Å². The van der Waals surface area contributed by atoms with E-state index in [9.17, 15) is 4.79 Å². The third-order valence-corrected chi connectivity index (χ3v) is 5.97. The van der Waals surface area contributed by atoms with Gasteiger partial charge in [0.05, 0.1) is 35.3 Å². The Morgan fingerprint density at radius 3 is 3.00 bits per heavy atom. The van der Waals surface area contributed by atoms with Crippen molar-refractivity contribution in [2.75, 3.05) is 12.8 Å². The Morgan fingerprint density at radius 1 is 1.32 bits per heavy atom. The highest BCUT2D eigenvalue weighted by Crippen LogP contribution is 2.29. The summed E-state index contributed by atoms with van der Waals surface area (Å²) >= 11 is 7.79. The van der Waals surface area contributed by atoms with Crippen molar-refractivity contribution in [2.24, 2.45) is 0 Å². The van der Waals surface area contributed by atoms with E-state index in [1.807, 2.05) is 41.4 Å². The molecule has 1 atom stereocenters. The largest absolute Gasteiger partial charge is 0.354 e. The number of amides is 1. The summed E-state index contributed by atoms with van der Waals surface area (Å²) in [6.07, 6.45) is 6.06. The van der Waals surface area contributed by atoms with Crippen molar-refractivity contribution in [3.8, 4) is 0 Å². The molecular formula is C19H17ClN6OS. The number of carbonyl (C=O) groups excluding carboxylic acids is 1. The topological polar surface area (TPSA) is 77.6 Å². The molecule has 1 amide bonds. The number of pyridine rings is 1. The molecule has 1 aliphatic rings. The molecule has 1 saturated heterocycles. The Labute approximate surface area is 170 Å². The molecule has 28 heavy (non-hydrogen) atoms. The normalized spacial score (nSPS) is 16.9. The second-order valence-corrected chi connectivity index (χ2v) is 7.98. The predicted molar refractivity (Wildman–Crippen MR) is 110 cm³/mol. The second-order valence-electron chi connectivity index (χ2n) is 6.75. The van der Waals surface area contributed by atoms with Crippen LogP contribution in [-0.4, -0.2) is 43.0 Å². The van der Waals surface area contributed by atoms with Gasteiger partial charge < -0.3 is 9.88 Å². The number of hydrogen-bond acceptors (Lipinski definition) is 5. The molecule has 0 saturated carbocycles. The highest BCUT2D eigenvalue weighted by Gasteiger charge is 2.27. The van der Waals surface area contributed by atoms with Crippen molar-refractivity contribution in [2.45, 2.75) is 24.0 Å². The zero-order valence-electron chi connectivity index (χ0n) is 15.1. The van der Waals surface area contributed by atoms with E-state index in [1.54, 1.807) is 18.0 Å². The van der Waals surface area contributed by atoms with Crippen LogP contribution in [0.5, 0.6) is 0 Å². The van der Waals surface area contributed by atoms with Crippen LogP contribution in [0.25, 0.3) is 21.9 Å². The number of carbonyl (C=O) groups is 1. The van der Waals surface area contributed by atoms with E-state index in [2.05, 4.69) is 14.9 Å². The van der Waals surface area contributed by atoms with Crippen molar-refractivity contribution in [3.63, 3.8) is 0 Å². The molecule has 9 heteroatoms. The van der Waals surface area contributed by atoms with Crippen molar-refractivity contribution in [1.29, 1.82) is 0 Å². The number of fused-ring (bicyclic) bond motifs is 2. The lowest BCUT2D eigenvalue weighted by Crippen LogP contribution is -2.18. The lowest BCUT2D eigenvalue weighted by Gasteiger charge is -2.15. The fraction of sp³-hybridized carbons (Fsp3) is 0.263. The molecule has 142 valence electrons. The number of aromatic nitrogens is 5. The summed E-state index contributed by atoms with van der Waals surface area (Å²) in [5.74, 6) is 0.907. The molecule has 0 radical (unpaired) electrons. The fourth-order valence-corrected chi connectivity index (χ4v) is 4.55. The average molecular weight is 413 g/mol. The van der Waals surface area contributed by atoms with Gasteiger partial charge >= 0.3 is 0 Å². The van der Waals surface area contributed by atoms with Gasteiger partial charge in [-0.3, -0.25) is 14.5 Å². The predicted octanol–water partition coefficient (Wildman–Crippen LogP) is 3.27. The standard InChI is InChI=1S/C19H17ClN6OS/c1-28-19-13-4-5-21-9-16(13)25(24-19)10-17-23-14-6-11(20)2-3-15(14)26(17)12-7-18(27)22-8-12/h2-6,9,12H,7-8,10H2,1H3,(H,22,27). The molecule has 4 heterocycles. The maximum Gasteiger partial charge on any atom is 0.222 e. The van der Waals surface area contributed by atoms with E-state index in [0.29, 0.717) is 24.5 Å². The van der Waals surface area contributed by atoms with Crippen molar-refractivity contribution in [3.05, 3.63) is 47.5 Å². The zero-order chi connectivity index (χ0) is 19.3. The third-order valence-electron chi connectivity index (χ3n) is 5.05. The van der Waals surface area contributed by atoms with Gasteiger partial charge in [-0.25, -0.2) is 4.98 Å². The number of nitrogens with one attached hydrogen (secondary N) is 1. The SMILES string of the molecule is CSc1nn(Cc2nc3cc(Cl)ccc3n2C2CNC(=O)C2)c2cnccc12. The fourth-order valence-electron chi connectivity index (χ4n) is 3.81. The van der Waals surface area contributed by atoms with Gasteiger partial charge in [-0.1, -0.05) is 11.6 Å². The Morgan fingerprint density at radius 2 is 2.21 bits per heavy atom. The molecule has 0 aliphatic carbocycles. The van der Waals surface area contributed by atoms with Gasteiger partial charge in [0.1, 0.15) is 10.9 Å². The Bertz CT molecular complexity index is 1220. The quantitative estimate of drug-likeness (QED) is 0.520. The highest BCUT2D eigenvalue weighted by molar-refractivity contribution is 7.98. The molecule has 5 rings (SSSR count). The van der Waals surface area contributed by atoms with Crippen molar-refractivity contribution in [1.82, 2.24) is 29.6 Å². The van der Waals surface area contributed by atoms with E-state index < -0.39 is 0 Å². The van der Waals surface area contributed by atoms with Gasteiger partial charge in [-0.2, -0.15) is 5.10 Å². The summed E-state index contributed by atoms with van der Waals surface area (Å²) < 4.78 is 4.07. The molecule has 1 aromatic carbocycles. The molecule has 3 aromatic heterocycles. The van der Waals surface area contributed by atoms with Gasteiger partial charge in [0.2, 0.25) is 5.91 Å². The number of nitrogens with zero attached hydrogens (tertiary/aromatic N) is 5. The minimum atomic E-state index is 0.0219. The van der Waals surface area contributed by atoms with E-state index in [0.717, 1.165) is 32.8 Å². The monoisotopic (exact) mass is 412 g/mol. The summed E-state index contributed by atoms with van der Waals surface area (Å²) in [7, 11) is 0.